The molecule has 0 bridgehead atoms. The SMILES string of the molecule is O=N[C@@H]1C[C@@H]2OC(=O)CCC/C=C\C[C@@H]2[C@H]1/C=C/[C@@H](O)c1cc2ccccc2[nH]1. The number of aliphatic hydroxyl groups is 1. The number of allylic oxidation sites excluding steroid dienone is 2. The number of hydrogen-bond acceptors (Lipinski definition) is 5. The number of carbonyl (C=O) groups excluding carboxylic acids is 1. The maximum Gasteiger partial charge on any atom is 0.306 e. The number of aromatic nitrogens is 1. The maximum atomic E-state index is 12.1. The highest BCUT2D eigenvalue weighted by Gasteiger charge is 2.44. The Kier molecular flexibility index (Phi) is 5.90. The molecule has 1 aliphatic heterocycles. The summed E-state index contributed by atoms with van der Waals surface area (Å²) < 4.78 is 5.67. The highest BCUT2D eigenvalue weighted by molar-refractivity contribution is 5.80. The van der Waals surface area contributed by atoms with Crippen molar-refractivity contribution in [3.63, 3.8) is 0 Å². The van der Waals surface area contributed by atoms with Crippen molar-refractivity contribution < 1.29 is 14.6 Å². The number of ether oxygens (including phenoxy) is 1. The lowest BCUT2D eigenvalue weighted by molar-refractivity contribution is -0.151. The van der Waals surface area contributed by atoms with Crippen LogP contribution in [-0.4, -0.2) is 28.2 Å². The third-order valence-electron chi connectivity index (χ3n) is 6.02. The topological polar surface area (TPSA) is 91.8 Å². The lowest BCUT2D eigenvalue weighted by atomic mass is 9.88. The fourth-order valence-corrected chi connectivity index (χ4v) is 4.49. The third kappa shape index (κ3) is 4.32. The Morgan fingerprint density at radius 2 is 2.14 bits per heavy atom. The first-order valence-corrected chi connectivity index (χ1v) is 10.3. The lowest BCUT2D eigenvalue weighted by Gasteiger charge is -2.23. The number of rotatable bonds is 4. The monoisotopic (exact) mass is 394 g/mol. The Morgan fingerprint density at radius 1 is 1.28 bits per heavy atom. The van der Waals surface area contributed by atoms with Gasteiger partial charge in [-0.05, 0) is 36.8 Å². The molecule has 0 unspecified atom stereocenters. The molecule has 0 saturated heterocycles. The fourth-order valence-electron chi connectivity index (χ4n) is 4.49. The number of para-hydroxylation sites is 1. The fraction of sp³-hybridized carbons (Fsp3) is 0.435. The summed E-state index contributed by atoms with van der Waals surface area (Å²) in [5, 5.41) is 15.0. The predicted octanol–water partition coefficient (Wildman–Crippen LogP) is 4.57. The van der Waals surface area contributed by atoms with E-state index in [1.165, 1.54) is 0 Å². The minimum absolute atomic E-state index is 0.0119. The number of esters is 1. The zero-order valence-corrected chi connectivity index (χ0v) is 16.2. The van der Waals surface area contributed by atoms with Crippen molar-refractivity contribution in [3.8, 4) is 0 Å². The predicted molar refractivity (Wildman–Crippen MR) is 111 cm³/mol. The second-order valence-electron chi connectivity index (χ2n) is 7.92. The molecular formula is C23H26N2O4. The summed E-state index contributed by atoms with van der Waals surface area (Å²) in [7, 11) is 0. The Balaban J connectivity index is 1.54. The minimum atomic E-state index is -0.814. The van der Waals surface area contributed by atoms with Crippen molar-refractivity contribution in [3.05, 3.63) is 65.2 Å². The number of aliphatic hydroxyl groups excluding tert-OH is 1. The smallest absolute Gasteiger partial charge is 0.306 e. The molecule has 2 heterocycles. The van der Waals surface area contributed by atoms with E-state index >= 15 is 0 Å². The van der Waals surface area contributed by atoms with Crippen LogP contribution in [0.4, 0.5) is 0 Å². The normalized spacial score (nSPS) is 30.0. The zero-order valence-electron chi connectivity index (χ0n) is 16.2. The molecular weight excluding hydrogens is 368 g/mol. The van der Waals surface area contributed by atoms with E-state index in [9.17, 15) is 14.8 Å². The van der Waals surface area contributed by atoms with Crippen molar-refractivity contribution >= 4 is 16.9 Å². The first kappa shape index (κ1) is 19.6. The van der Waals surface area contributed by atoms with E-state index < -0.39 is 12.1 Å². The number of hydrogen-bond donors (Lipinski definition) is 2. The molecule has 1 fully saturated rings. The highest BCUT2D eigenvalue weighted by atomic mass is 16.5. The van der Waals surface area contributed by atoms with Gasteiger partial charge in [-0.2, -0.15) is 4.91 Å². The molecule has 1 saturated carbocycles. The molecule has 4 rings (SSSR count). The maximum absolute atomic E-state index is 12.1. The first-order valence-electron chi connectivity index (χ1n) is 10.3. The number of fused-ring (bicyclic) bond motifs is 2. The molecule has 2 N–H and O–H groups in total. The summed E-state index contributed by atoms with van der Waals surface area (Å²) in [5.41, 5.74) is 1.66. The van der Waals surface area contributed by atoms with E-state index in [2.05, 4.69) is 22.3 Å². The zero-order chi connectivity index (χ0) is 20.2. The van der Waals surface area contributed by atoms with Crippen LogP contribution in [0, 0.1) is 16.7 Å². The number of benzene rings is 1. The number of aromatic amines is 1. The van der Waals surface area contributed by atoms with Crippen LogP contribution in [-0.2, 0) is 9.53 Å². The molecule has 1 aromatic carbocycles. The van der Waals surface area contributed by atoms with E-state index in [1.807, 2.05) is 36.4 Å². The van der Waals surface area contributed by atoms with Crippen molar-refractivity contribution in [2.24, 2.45) is 17.0 Å². The Morgan fingerprint density at radius 3 is 2.97 bits per heavy atom. The lowest BCUT2D eigenvalue weighted by Crippen LogP contribution is -2.25. The standard InChI is InChI=1S/C23H26N2O4/c26-21(20-13-15-7-5-6-9-18(15)24-20)12-11-16-17-8-3-1-2-4-10-23(27)29-22(17)14-19(16)25-28/h1,3,5-7,9,11-13,16-17,19,21-22,24,26H,2,4,8,10,14H2/b3-1-,12-11+/t16-,17-,19-,21-,22+/m1/s1. The second kappa shape index (κ2) is 8.74. The summed E-state index contributed by atoms with van der Waals surface area (Å²) in [6.07, 6.45) is 9.85. The van der Waals surface area contributed by atoms with Crippen LogP contribution in [0.3, 0.4) is 0 Å². The second-order valence-corrected chi connectivity index (χ2v) is 7.92. The summed E-state index contributed by atoms with van der Waals surface area (Å²) in [5.74, 6) is -0.391. The van der Waals surface area contributed by atoms with Gasteiger partial charge in [-0.1, -0.05) is 47.7 Å². The molecule has 29 heavy (non-hydrogen) atoms. The molecule has 152 valence electrons. The van der Waals surface area contributed by atoms with Gasteiger partial charge in [0.2, 0.25) is 0 Å². The molecule has 0 radical (unpaired) electrons. The van der Waals surface area contributed by atoms with Crippen LogP contribution in [0.15, 0.2) is 59.8 Å². The van der Waals surface area contributed by atoms with E-state index in [0.717, 1.165) is 30.2 Å². The third-order valence-corrected chi connectivity index (χ3v) is 6.02. The molecule has 2 aliphatic rings. The van der Waals surface area contributed by atoms with Crippen molar-refractivity contribution in [2.75, 3.05) is 0 Å². The van der Waals surface area contributed by atoms with Crippen LogP contribution in [0.2, 0.25) is 0 Å². The van der Waals surface area contributed by atoms with Crippen molar-refractivity contribution in [1.82, 2.24) is 4.98 Å². The summed E-state index contributed by atoms with van der Waals surface area (Å²) in [4.78, 5) is 26.8. The number of nitroso groups, excluding NO2 is 1. The van der Waals surface area contributed by atoms with Crippen molar-refractivity contribution in [2.45, 2.75) is 50.4 Å². The van der Waals surface area contributed by atoms with E-state index in [-0.39, 0.29) is 23.9 Å². The number of carbonyl (C=O) groups is 1. The molecule has 5 atom stereocenters. The van der Waals surface area contributed by atoms with E-state index in [0.29, 0.717) is 18.5 Å². The van der Waals surface area contributed by atoms with Gasteiger partial charge >= 0.3 is 5.97 Å². The van der Waals surface area contributed by atoms with Gasteiger partial charge in [0.25, 0.3) is 0 Å². The van der Waals surface area contributed by atoms with Gasteiger partial charge < -0.3 is 14.8 Å². The van der Waals surface area contributed by atoms with Gasteiger partial charge in [0.1, 0.15) is 18.2 Å². The van der Waals surface area contributed by atoms with Crippen LogP contribution in [0.1, 0.15) is 43.9 Å². The Hall–Kier alpha value is -2.73. The number of nitrogens with one attached hydrogen (secondary N) is 1. The molecule has 1 aromatic heterocycles. The Bertz CT molecular complexity index is 899. The average molecular weight is 394 g/mol. The van der Waals surface area contributed by atoms with Crippen LogP contribution >= 0.6 is 0 Å². The van der Waals surface area contributed by atoms with Gasteiger partial charge in [-0.3, -0.25) is 4.79 Å². The summed E-state index contributed by atoms with van der Waals surface area (Å²) in [6, 6.07) is 9.31. The van der Waals surface area contributed by atoms with Crippen LogP contribution in [0.25, 0.3) is 10.9 Å². The highest BCUT2D eigenvalue weighted by Crippen LogP contribution is 2.40. The average Bonchev–Trinajstić information content (AvgIpc) is 3.30. The van der Waals surface area contributed by atoms with Gasteiger partial charge in [0.15, 0.2) is 0 Å². The minimum Gasteiger partial charge on any atom is -0.462 e. The molecule has 1 aliphatic carbocycles. The summed E-state index contributed by atoms with van der Waals surface area (Å²) in [6.45, 7) is 0. The molecule has 2 aromatic rings. The quantitative estimate of drug-likeness (QED) is 0.451. The van der Waals surface area contributed by atoms with E-state index in [4.69, 9.17) is 4.74 Å². The summed E-state index contributed by atoms with van der Waals surface area (Å²) >= 11 is 0. The Labute approximate surface area is 169 Å². The van der Waals surface area contributed by atoms with Gasteiger partial charge in [0, 0.05) is 35.9 Å². The van der Waals surface area contributed by atoms with Gasteiger partial charge in [-0.25, -0.2) is 0 Å². The van der Waals surface area contributed by atoms with E-state index in [1.54, 1.807) is 6.08 Å². The number of nitrogens with zero attached hydrogens (tertiary/aromatic N) is 1. The molecule has 0 amide bonds. The van der Waals surface area contributed by atoms with Gasteiger partial charge in [0.05, 0.1) is 0 Å². The molecule has 0 spiro atoms. The van der Waals surface area contributed by atoms with Crippen molar-refractivity contribution in [1.29, 1.82) is 0 Å². The van der Waals surface area contributed by atoms with Gasteiger partial charge in [-0.15, -0.1) is 0 Å². The molecule has 6 nitrogen and oxygen atoms in total. The largest absolute Gasteiger partial charge is 0.462 e. The van der Waals surface area contributed by atoms with Crippen LogP contribution < -0.4 is 0 Å². The number of H-pyrrole nitrogens is 1. The molecule has 6 heteroatoms. The first-order chi connectivity index (χ1) is 14.2. The van der Waals surface area contributed by atoms with Crippen LogP contribution in [0.5, 0.6) is 0 Å².